The molecule has 0 amide bonds. The highest BCUT2D eigenvalue weighted by Gasteiger charge is 1.97. The molecule has 0 saturated carbocycles. The summed E-state index contributed by atoms with van der Waals surface area (Å²) in [6.45, 7) is 7.99. The number of aliphatic hydroxyl groups is 2. The maximum Gasteiger partial charge on any atom is 0.303 e. The lowest BCUT2D eigenvalue weighted by Gasteiger charge is -1.98. The zero-order chi connectivity index (χ0) is 32.0. The minimum Gasteiger partial charge on any atom is -0.481 e. The van der Waals surface area contributed by atoms with E-state index in [-0.39, 0.29) is 6.61 Å². The largest absolute Gasteiger partial charge is 0.481 e. The molecule has 0 aromatic rings. The van der Waals surface area contributed by atoms with Crippen molar-refractivity contribution in [2.45, 2.75) is 188 Å². The molecule has 0 heterocycles. The fourth-order valence-electron chi connectivity index (χ4n) is 3.70. The van der Waals surface area contributed by atoms with Gasteiger partial charge in [0.15, 0.2) is 0 Å². The van der Waals surface area contributed by atoms with Crippen LogP contribution in [0.15, 0.2) is 0 Å². The Morgan fingerprint density at radius 1 is 0.439 bits per heavy atom. The lowest BCUT2D eigenvalue weighted by Crippen LogP contribution is -2.03. The van der Waals surface area contributed by atoms with Crippen molar-refractivity contribution < 1.29 is 39.9 Å². The zero-order valence-corrected chi connectivity index (χ0v) is 27.2. The molecule has 0 aliphatic rings. The van der Waals surface area contributed by atoms with Gasteiger partial charge in [0.05, 0.1) is 12.7 Å². The highest BCUT2D eigenvalue weighted by Crippen LogP contribution is 2.09. The van der Waals surface area contributed by atoms with Crippen LogP contribution in [0, 0.1) is 0 Å². The van der Waals surface area contributed by atoms with Crippen LogP contribution in [-0.2, 0) is 14.4 Å². The van der Waals surface area contributed by atoms with Crippen LogP contribution in [0.2, 0.25) is 0 Å². The highest BCUT2D eigenvalue weighted by molar-refractivity contribution is 5.67. The van der Waals surface area contributed by atoms with E-state index < -0.39 is 24.0 Å². The zero-order valence-electron chi connectivity index (χ0n) is 27.2. The molecule has 1 atom stereocenters. The van der Waals surface area contributed by atoms with Crippen molar-refractivity contribution >= 4 is 17.9 Å². The SMILES string of the molecule is CC(O)CO.CCCCCCCCCC(=O)O.CCCCCCCCCC(=O)O.CCCCCCCCCC(=O)O. The molecular weight excluding hydrogens is 524 g/mol. The van der Waals surface area contributed by atoms with Crippen molar-refractivity contribution in [1.29, 1.82) is 0 Å². The third-order valence-corrected chi connectivity index (χ3v) is 6.25. The first-order valence-electron chi connectivity index (χ1n) is 16.5. The number of rotatable bonds is 25. The Bertz CT molecular complexity index is 457. The van der Waals surface area contributed by atoms with Crippen molar-refractivity contribution in [3.05, 3.63) is 0 Å². The van der Waals surface area contributed by atoms with E-state index >= 15 is 0 Å². The quantitative estimate of drug-likeness (QED) is 0.0658. The molecule has 0 bridgehead atoms. The van der Waals surface area contributed by atoms with Gasteiger partial charge in [-0.2, -0.15) is 0 Å². The molecule has 0 spiro atoms. The van der Waals surface area contributed by atoms with Gasteiger partial charge in [-0.3, -0.25) is 14.4 Å². The van der Waals surface area contributed by atoms with Crippen LogP contribution in [0.1, 0.15) is 182 Å². The summed E-state index contributed by atoms with van der Waals surface area (Å²) in [5, 5.41) is 41.1. The van der Waals surface area contributed by atoms with Gasteiger partial charge in [-0.25, -0.2) is 0 Å². The van der Waals surface area contributed by atoms with E-state index in [9.17, 15) is 14.4 Å². The van der Waals surface area contributed by atoms with Gasteiger partial charge >= 0.3 is 17.9 Å². The van der Waals surface area contributed by atoms with Gasteiger partial charge in [-0.05, 0) is 26.2 Å². The summed E-state index contributed by atoms with van der Waals surface area (Å²) < 4.78 is 0. The third kappa shape index (κ3) is 67.7. The average molecular weight is 593 g/mol. The van der Waals surface area contributed by atoms with Crippen LogP contribution in [0.3, 0.4) is 0 Å². The number of hydrogen-bond donors (Lipinski definition) is 5. The molecule has 0 fully saturated rings. The van der Waals surface area contributed by atoms with E-state index in [0.29, 0.717) is 19.3 Å². The van der Waals surface area contributed by atoms with E-state index in [1.54, 1.807) is 0 Å². The summed E-state index contributed by atoms with van der Waals surface area (Å²) in [7, 11) is 0. The van der Waals surface area contributed by atoms with Crippen LogP contribution in [-0.4, -0.2) is 56.2 Å². The fourth-order valence-corrected chi connectivity index (χ4v) is 3.70. The molecule has 0 aliphatic heterocycles. The Labute approximate surface area is 252 Å². The molecule has 0 rings (SSSR count). The number of hydrogen-bond acceptors (Lipinski definition) is 5. The molecule has 0 saturated heterocycles. The van der Waals surface area contributed by atoms with Gasteiger partial charge in [0.1, 0.15) is 0 Å². The Morgan fingerprint density at radius 3 is 0.756 bits per heavy atom. The predicted octanol–water partition coefficient (Wildman–Crippen LogP) is 8.99. The van der Waals surface area contributed by atoms with E-state index in [2.05, 4.69) is 20.8 Å². The van der Waals surface area contributed by atoms with Gasteiger partial charge in [-0.15, -0.1) is 0 Å². The second kappa shape index (κ2) is 42.8. The van der Waals surface area contributed by atoms with Crippen molar-refractivity contribution in [1.82, 2.24) is 0 Å². The lowest BCUT2D eigenvalue weighted by atomic mass is 10.1. The summed E-state index contributed by atoms with van der Waals surface area (Å²) in [6.07, 6.45) is 25.4. The van der Waals surface area contributed by atoms with Gasteiger partial charge in [0, 0.05) is 19.3 Å². The Morgan fingerprint density at radius 2 is 0.610 bits per heavy atom. The molecule has 0 aromatic carbocycles. The topological polar surface area (TPSA) is 152 Å². The summed E-state index contributed by atoms with van der Waals surface area (Å²) in [4.78, 5) is 30.4. The minimum atomic E-state index is -0.663. The Kier molecular flexibility index (Phi) is 48.3. The normalized spacial score (nSPS) is 10.7. The number of carbonyl (C=O) groups is 3. The molecule has 41 heavy (non-hydrogen) atoms. The monoisotopic (exact) mass is 592 g/mol. The molecule has 8 nitrogen and oxygen atoms in total. The molecule has 0 radical (unpaired) electrons. The summed E-state index contributed by atoms with van der Waals surface area (Å²) in [5.74, 6) is -1.99. The molecular formula is C33H68O8. The van der Waals surface area contributed by atoms with E-state index in [0.717, 1.165) is 38.5 Å². The van der Waals surface area contributed by atoms with Gasteiger partial charge in [0.25, 0.3) is 0 Å². The summed E-state index contributed by atoms with van der Waals surface area (Å²) >= 11 is 0. The van der Waals surface area contributed by atoms with E-state index in [4.69, 9.17) is 25.5 Å². The number of aliphatic carboxylic acids is 3. The fraction of sp³-hybridized carbons (Fsp3) is 0.909. The average Bonchev–Trinajstić information content (AvgIpc) is 2.92. The molecule has 8 heteroatoms. The smallest absolute Gasteiger partial charge is 0.303 e. The summed E-state index contributed by atoms with van der Waals surface area (Å²) in [5.41, 5.74) is 0. The standard InChI is InChI=1S/3C10H20O2.C3H8O2/c3*1-2-3-4-5-6-7-8-9-10(11)12;1-3(5)2-4/h3*2-9H2,1H3,(H,11,12);3-5H,2H2,1H3. The number of carboxylic acid groups (broad SMARTS) is 3. The van der Waals surface area contributed by atoms with Crippen molar-refractivity contribution in [2.24, 2.45) is 0 Å². The molecule has 248 valence electrons. The van der Waals surface area contributed by atoms with Gasteiger partial charge in [0.2, 0.25) is 0 Å². The minimum absolute atomic E-state index is 0.139. The van der Waals surface area contributed by atoms with Crippen LogP contribution in [0.5, 0.6) is 0 Å². The second-order valence-corrected chi connectivity index (χ2v) is 10.8. The molecule has 1 unspecified atom stereocenters. The van der Waals surface area contributed by atoms with Crippen LogP contribution in [0.25, 0.3) is 0 Å². The Hall–Kier alpha value is -1.67. The lowest BCUT2D eigenvalue weighted by molar-refractivity contribution is -0.138. The highest BCUT2D eigenvalue weighted by atomic mass is 16.4. The Balaban J connectivity index is -0.000000231. The van der Waals surface area contributed by atoms with Crippen LogP contribution in [0.4, 0.5) is 0 Å². The van der Waals surface area contributed by atoms with Gasteiger partial charge in [-0.1, -0.05) is 136 Å². The van der Waals surface area contributed by atoms with Crippen molar-refractivity contribution in [2.75, 3.05) is 6.61 Å². The van der Waals surface area contributed by atoms with Crippen LogP contribution >= 0.6 is 0 Å². The summed E-state index contributed by atoms with van der Waals surface area (Å²) in [6, 6.07) is 0. The third-order valence-electron chi connectivity index (χ3n) is 6.25. The second-order valence-electron chi connectivity index (χ2n) is 10.8. The van der Waals surface area contributed by atoms with Crippen molar-refractivity contribution in [3.8, 4) is 0 Å². The molecule has 0 aliphatic carbocycles. The van der Waals surface area contributed by atoms with Crippen LogP contribution < -0.4 is 0 Å². The van der Waals surface area contributed by atoms with E-state index in [1.165, 1.54) is 103 Å². The first kappa shape index (κ1) is 46.3. The molecule has 5 N–H and O–H groups in total. The van der Waals surface area contributed by atoms with Gasteiger partial charge < -0.3 is 25.5 Å². The number of aliphatic hydroxyl groups excluding tert-OH is 2. The number of unbranched alkanes of at least 4 members (excludes halogenated alkanes) is 18. The predicted molar refractivity (Wildman–Crippen MR) is 170 cm³/mol. The number of carboxylic acids is 3. The maximum atomic E-state index is 10.1. The van der Waals surface area contributed by atoms with E-state index in [1.807, 2.05) is 0 Å². The van der Waals surface area contributed by atoms with Crippen molar-refractivity contribution in [3.63, 3.8) is 0 Å². The first-order valence-corrected chi connectivity index (χ1v) is 16.5. The first-order chi connectivity index (χ1) is 19.6. The molecule has 0 aromatic heterocycles. The maximum absolute atomic E-state index is 10.1.